The van der Waals surface area contributed by atoms with Crippen molar-refractivity contribution in [1.82, 2.24) is 14.8 Å². The van der Waals surface area contributed by atoms with Crippen LogP contribution >= 0.6 is 15.9 Å². The van der Waals surface area contributed by atoms with Gasteiger partial charge in [0.05, 0.1) is 0 Å². The number of aromatic nitrogens is 3. The Labute approximate surface area is 90.9 Å². The van der Waals surface area contributed by atoms with Gasteiger partial charge in [-0.15, -0.1) is 0 Å². The van der Waals surface area contributed by atoms with Crippen molar-refractivity contribution in [2.24, 2.45) is 0 Å². The van der Waals surface area contributed by atoms with Crippen LogP contribution in [0.25, 0.3) is 5.82 Å². The Morgan fingerprint density at radius 3 is 2.71 bits per heavy atom. The van der Waals surface area contributed by atoms with E-state index in [0.717, 1.165) is 21.5 Å². The molecule has 0 N–H and O–H groups in total. The Morgan fingerprint density at radius 1 is 1.36 bits per heavy atom. The van der Waals surface area contributed by atoms with Crippen LogP contribution < -0.4 is 0 Å². The van der Waals surface area contributed by atoms with Gasteiger partial charge >= 0.3 is 0 Å². The SMILES string of the molecule is Cc1cc(Br)cnc1-n1nccc1C. The summed E-state index contributed by atoms with van der Waals surface area (Å²) in [7, 11) is 0. The first-order valence-corrected chi connectivity index (χ1v) is 5.11. The van der Waals surface area contributed by atoms with Crippen molar-refractivity contribution >= 4 is 15.9 Å². The minimum atomic E-state index is 0.885. The fourth-order valence-corrected chi connectivity index (χ4v) is 1.79. The van der Waals surface area contributed by atoms with Gasteiger partial charge in [0.2, 0.25) is 0 Å². The highest BCUT2D eigenvalue weighted by molar-refractivity contribution is 9.10. The van der Waals surface area contributed by atoms with E-state index in [1.54, 1.807) is 12.4 Å². The van der Waals surface area contributed by atoms with Crippen LogP contribution in [-0.4, -0.2) is 14.8 Å². The van der Waals surface area contributed by atoms with Gasteiger partial charge in [0.15, 0.2) is 5.82 Å². The van der Waals surface area contributed by atoms with Gasteiger partial charge in [-0.25, -0.2) is 9.67 Å². The summed E-state index contributed by atoms with van der Waals surface area (Å²) in [6, 6.07) is 3.99. The van der Waals surface area contributed by atoms with Crippen LogP contribution in [0.5, 0.6) is 0 Å². The molecule has 14 heavy (non-hydrogen) atoms. The quantitative estimate of drug-likeness (QED) is 0.781. The van der Waals surface area contributed by atoms with E-state index in [1.807, 2.05) is 30.7 Å². The maximum atomic E-state index is 4.33. The average Bonchev–Trinajstić information content (AvgIpc) is 2.52. The molecule has 2 rings (SSSR count). The van der Waals surface area contributed by atoms with Gasteiger partial charge in [0, 0.05) is 22.6 Å². The number of halogens is 1. The smallest absolute Gasteiger partial charge is 0.156 e. The van der Waals surface area contributed by atoms with E-state index in [2.05, 4.69) is 26.0 Å². The van der Waals surface area contributed by atoms with Gasteiger partial charge in [-0.05, 0) is 47.5 Å². The van der Waals surface area contributed by atoms with Crippen LogP contribution in [0.3, 0.4) is 0 Å². The molecule has 0 bridgehead atoms. The van der Waals surface area contributed by atoms with E-state index >= 15 is 0 Å². The van der Waals surface area contributed by atoms with E-state index in [-0.39, 0.29) is 0 Å². The molecular formula is C10H10BrN3. The van der Waals surface area contributed by atoms with Crippen molar-refractivity contribution in [3.63, 3.8) is 0 Å². The Morgan fingerprint density at radius 2 is 2.14 bits per heavy atom. The summed E-state index contributed by atoms with van der Waals surface area (Å²) >= 11 is 3.39. The lowest BCUT2D eigenvalue weighted by atomic mass is 10.3. The molecule has 0 aromatic carbocycles. The fraction of sp³-hybridized carbons (Fsp3) is 0.200. The van der Waals surface area contributed by atoms with E-state index in [1.165, 1.54) is 0 Å². The second-order valence-electron chi connectivity index (χ2n) is 3.18. The minimum Gasteiger partial charge on any atom is -0.236 e. The maximum absolute atomic E-state index is 4.33. The third kappa shape index (κ3) is 1.57. The van der Waals surface area contributed by atoms with Gasteiger partial charge in [-0.1, -0.05) is 0 Å². The zero-order valence-corrected chi connectivity index (χ0v) is 9.62. The topological polar surface area (TPSA) is 30.7 Å². The van der Waals surface area contributed by atoms with Gasteiger partial charge in [0.1, 0.15) is 0 Å². The molecule has 72 valence electrons. The molecule has 0 fully saturated rings. The van der Waals surface area contributed by atoms with E-state index in [9.17, 15) is 0 Å². The average molecular weight is 252 g/mol. The predicted molar refractivity (Wildman–Crippen MR) is 58.5 cm³/mol. The van der Waals surface area contributed by atoms with Crippen LogP contribution in [0, 0.1) is 13.8 Å². The van der Waals surface area contributed by atoms with Gasteiger partial charge in [-0.2, -0.15) is 5.10 Å². The van der Waals surface area contributed by atoms with E-state index < -0.39 is 0 Å². The number of pyridine rings is 1. The van der Waals surface area contributed by atoms with Crippen LogP contribution in [0.4, 0.5) is 0 Å². The number of hydrogen-bond donors (Lipinski definition) is 0. The summed E-state index contributed by atoms with van der Waals surface area (Å²) in [4.78, 5) is 4.33. The van der Waals surface area contributed by atoms with Crippen molar-refractivity contribution in [3.8, 4) is 5.82 Å². The Balaban J connectivity index is 2.58. The lowest BCUT2D eigenvalue weighted by Crippen LogP contribution is -2.03. The highest BCUT2D eigenvalue weighted by Crippen LogP contribution is 2.16. The van der Waals surface area contributed by atoms with Crippen LogP contribution in [-0.2, 0) is 0 Å². The summed E-state index contributed by atoms with van der Waals surface area (Å²) in [6.45, 7) is 4.03. The Bertz CT molecular complexity index is 462. The molecule has 0 saturated heterocycles. The molecular weight excluding hydrogens is 242 g/mol. The first-order valence-electron chi connectivity index (χ1n) is 4.31. The normalized spacial score (nSPS) is 10.5. The van der Waals surface area contributed by atoms with Crippen LogP contribution in [0.15, 0.2) is 29.0 Å². The second kappa shape index (κ2) is 3.53. The predicted octanol–water partition coefficient (Wildman–Crippen LogP) is 2.65. The molecule has 2 heterocycles. The first kappa shape index (κ1) is 9.40. The molecule has 0 radical (unpaired) electrons. The molecule has 0 aliphatic rings. The molecule has 0 spiro atoms. The van der Waals surface area contributed by atoms with Gasteiger partial charge < -0.3 is 0 Å². The zero-order chi connectivity index (χ0) is 10.1. The maximum Gasteiger partial charge on any atom is 0.156 e. The lowest BCUT2D eigenvalue weighted by Gasteiger charge is -2.06. The summed E-state index contributed by atoms with van der Waals surface area (Å²) in [5.74, 6) is 0.885. The van der Waals surface area contributed by atoms with Crippen molar-refractivity contribution in [2.45, 2.75) is 13.8 Å². The largest absolute Gasteiger partial charge is 0.236 e. The monoisotopic (exact) mass is 251 g/mol. The van der Waals surface area contributed by atoms with Crippen LogP contribution in [0.1, 0.15) is 11.3 Å². The summed E-state index contributed by atoms with van der Waals surface area (Å²) in [5.41, 5.74) is 2.19. The van der Waals surface area contributed by atoms with Crippen molar-refractivity contribution in [1.29, 1.82) is 0 Å². The van der Waals surface area contributed by atoms with Crippen molar-refractivity contribution < 1.29 is 0 Å². The highest BCUT2D eigenvalue weighted by Gasteiger charge is 2.05. The van der Waals surface area contributed by atoms with Crippen molar-refractivity contribution in [2.75, 3.05) is 0 Å². The molecule has 2 aromatic rings. The third-order valence-corrected chi connectivity index (χ3v) is 2.48. The second-order valence-corrected chi connectivity index (χ2v) is 4.09. The number of aryl methyl sites for hydroxylation is 2. The van der Waals surface area contributed by atoms with Crippen molar-refractivity contribution in [3.05, 3.63) is 40.3 Å². The fourth-order valence-electron chi connectivity index (χ4n) is 1.35. The third-order valence-electron chi connectivity index (χ3n) is 2.05. The van der Waals surface area contributed by atoms with Gasteiger partial charge in [0.25, 0.3) is 0 Å². The number of nitrogens with zero attached hydrogens (tertiary/aromatic N) is 3. The molecule has 2 aromatic heterocycles. The molecule has 0 unspecified atom stereocenters. The molecule has 0 atom stereocenters. The van der Waals surface area contributed by atoms with E-state index in [4.69, 9.17) is 0 Å². The molecule has 3 nitrogen and oxygen atoms in total. The summed E-state index contributed by atoms with van der Waals surface area (Å²) in [5, 5.41) is 4.22. The number of rotatable bonds is 1. The Kier molecular flexibility index (Phi) is 2.37. The molecule has 0 amide bonds. The standard InChI is InChI=1S/C10H10BrN3/c1-7-5-9(11)6-12-10(7)14-8(2)3-4-13-14/h3-6H,1-2H3. The highest BCUT2D eigenvalue weighted by atomic mass is 79.9. The number of hydrogen-bond acceptors (Lipinski definition) is 2. The first-order chi connectivity index (χ1) is 6.68. The minimum absolute atomic E-state index is 0.885. The van der Waals surface area contributed by atoms with Gasteiger partial charge in [-0.3, -0.25) is 0 Å². The molecule has 0 aliphatic heterocycles. The van der Waals surface area contributed by atoms with Crippen LogP contribution in [0.2, 0.25) is 0 Å². The molecule has 4 heteroatoms. The lowest BCUT2D eigenvalue weighted by molar-refractivity contribution is 0.809. The summed E-state index contributed by atoms with van der Waals surface area (Å²) < 4.78 is 2.82. The van der Waals surface area contributed by atoms with E-state index in [0.29, 0.717) is 0 Å². The molecule has 0 saturated carbocycles. The summed E-state index contributed by atoms with van der Waals surface area (Å²) in [6.07, 6.45) is 3.56. The zero-order valence-electron chi connectivity index (χ0n) is 8.03. The Hall–Kier alpha value is -1.16. The molecule has 0 aliphatic carbocycles.